The quantitative estimate of drug-likeness (QED) is 0.259. The van der Waals surface area contributed by atoms with Crippen molar-refractivity contribution in [2.45, 2.75) is 115 Å². The molecule has 0 aromatic heterocycles. The van der Waals surface area contributed by atoms with Gasteiger partial charge in [0.15, 0.2) is 6.10 Å². The number of rotatable bonds is 17. The molecule has 0 amide bonds. The lowest BCUT2D eigenvalue weighted by atomic mass is 10.0. The molecule has 3 N–H and O–H groups in total. The number of allylic oxidation sites excluding steroid dienone is 1. The Morgan fingerprint density at radius 3 is 2.07 bits per heavy atom. The second-order valence-corrected chi connectivity index (χ2v) is 7.77. The van der Waals surface area contributed by atoms with Gasteiger partial charge in [-0.25, -0.2) is 0 Å². The maximum Gasteiger partial charge on any atom is 0.154 e. The van der Waals surface area contributed by atoms with Gasteiger partial charge in [0.1, 0.15) is 18.3 Å². The first-order chi connectivity index (χ1) is 13.2. The molecule has 5 heteroatoms. The van der Waals surface area contributed by atoms with Gasteiger partial charge in [0.25, 0.3) is 0 Å². The van der Waals surface area contributed by atoms with E-state index in [1.165, 1.54) is 70.6 Å². The largest absolute Gasteiger partial charge is 0.493 e. The summed E-state index contributed by atoms with van der Waals surface area (Å²) >= 11 is 0. The van der Waals surface area contributed by atoms with Gasteiger partial charge in [-0.15, -0.1) is 0 Å². The molecule has 4 atom stereocenters. The van der Waals surface area contributed by atoms with E-state index >= 15 is 0 Å². The molecule has 0 bridgehead atoms. The molecule has 27 heavy (non-hydrogen) atoms. The summed E-state index contributed by atoms with van der Waals surface area (Å²) in [6, 6.07) is 0. The van der Waals surface area contributed by atoms with E-state index < -0.39 is 31.0 Å². The van der Waals surface area contributed by atoms with Gasteiger partial charge in [0.05, 0.1) is 19.5 Å². The monoisotopic (exact) mass is 386 g/mol. The van der Waals surface area contributed by atoms with Gasteiger partial charge in [-0.1, -0.05) is 77.6 Å². The molecule has 0 unspecified atom stereocenters. The Morgan fingerprint density at radius 2 is 1.52 bits per heavy atom. The van der Waals surface area contributed by atoms with Crippen molar-refractivity contribution in [3.63, 3.8) is 0 Å². The van der Waals surface area contributed by atoms with Gasteiger partial charge in [0.2, 0.25) is 0 Å². The van der Waals surface area contributed by atoms with Crippen molar-refractivity contribution in [2.24, 2.45) is 0 Å². The number of hydrogen-bond acceptors (Lipinski definition) is 5. The second-order valence-electron chi connectivity index (χ2n) is 7.77. The highest BCUT2D eigenvalue weighted by Crippen LogP contribution is 2.21. The lowest BCUT2D eigenvalue weighted by Gasteiger charge is -2.22. The zero-order valence-electron chi connectivity index (χ0n) is 17.2. The highest BCUT2D eigenvalue weighted by atomic mass is 16.6. The minimum Gasteiger partial charge on any atom is -0.493 e. The van der Waals surface area contributed by atoms with Crippen LogP contribution in [0.15, 0.2) is 12.3 Å². The summed E-state index contributed by atoms with van der Waals surface area (Å²) < 4.78 is 10.8. The topological polar surface area (TPSA) is 79.2 Å². The maximum absolute atomic E-state index is 9.84. The van der Waals surface area contributed by atoms with E-state index in [2.05, 4.69) is 6.92 Å². The molecule has 0 radical (unpaired) electrons. The fourth-order valence-corrected chi connectivity index (χ4v) is 3.54. The van der Waals surface area contributed by atoms with Crippen LogP contribution in [0.5, 0.6) is 0 Å². The summed E-state index contributed by atoms with van der Waals surface area (Å²) in [5.74, 6) is 0. The van der Waals surface area contributed by atoms with Crippen LogP contribution < -0.4 is 0 Å². The van der Waals surface area contributed by atoms with E-state index in [1.54, 1.807) is 6.26 Å². The lowest BCUT2D eigenvalue weighted by Crippen LogP contribution is -2.41. The molecule has 5 nitrogen and oxygen atoms in total. The van der Waals surface area contributed by atoms with Crippen LogP contribution in [0.4, 0.5) is 0 Å². The van der Waals surface area contributed by atoms with Crippen LogP contribution in [0.3, 0.4) is 0 Å². The van der Waals surface area contributed by atoms with E-state index in [-0.39, 0.29) is 6.61 Å². The maximum atomic E-state index is 9.84. The predicted octanol–water partition coefficient (Wildman–Crippen LogP) is 4.09. The Labute approximate surface area is 165 Å². The van der Waals surface area contributed by atoms with Crippen molar-refractivity contribution < 1.29 is 24.8 Å². The predicted molar refractivity (Wildman–Crippen MR) is 109 cm³/mol. The summed E-state index contributed by atoms with van der Waals surface area (Å²) in [6.07, 6.45) is 17.5. The average molecular weight is 387 g/mol. The first-order valence-corrected chi connectivity index (χ1v) is 11.1. The summed E-state index contributed by atoms with van der Waals surface area (Å²) in [5, 5.41) is 28.5. The van der Waals surface area contributed by atoms with Crippen molar-refractivity contribution in [1.29, 1.82) is 0 Å². The highest BCUT2D eigenvalue weighted by Gasteiger charge is 2.41. The normalized spacial score (nSPS) is 23.9. The van der Waals surface area contributed by atoms with E-state index in [4.69, 9.17) is 14.6 Å². The molecule has 1 saturated heterocycles. The van der Waals surface area contributed by atoms with Gasteiger partial charge < -0.3 is 24.8 Å². The smallest absolute Gasteiger partial charge is 0.154 e. The van der Waals surface area contributed by atoms with Crippen molar-refractivity contribution >= 4 is 0 Å². The highest BCUT2D eigenvalue weighted by molar-refractivity contribution is 4.91. The van der Waals surface area contributed by atoms with Crippen molar-refractivity contribution in [1.82, 2.24) is 0 Å². The van der Waals surface area contributed by atoms with Crippen molar-refractivity contribution in [3.05, 3.63) is 12.3 Å². The summed E-state index contributed by atoms with van der Waals surface area (Å²) in [6.45, 7) is 1.98. The van der Waals surface area contributed by atoms with Crippen LogP contribution in [0.2, 0.25) is 0 Å². The van der Waals surface area contributed by atoms with Crippen LogP contribution in [0.1, 0.15) is 90.4 Å². The van der Waals surface area contributed by atoms with Gasteiger partial charge in [-0.2, -0.15) is 0 Å². The minimum atomic E-state index is -1.03. The Morgan fingerprint density at radius 1 is 0.963 bits per heavy atom. The molecule has 1 aliphatic heterocycles. The first-order valence-electron chi connectivity index (χ1n) is 11.1. The third-order valence-electron chi connectivity index (χ3n) is 5.29. The van der Waals surface area contributed by atoms with E-state index in [0.29, 0.717) is 0 Å². The van der Waals surface area contributed by atoms with Gasteiger partial charge in [-0.05, 0) is 18.9 Å². The van der Waals surface area contributed by atoms with Gasteiger partial charge >= 0.3 is 0 Å². The van der Waals surface area contributed by atoms with E-state index in [9.17, 15) is 10.2 Å². The molecule has 1 fully saturated rings. The lowest BCUT2D eigenvalue weighted by molar-refractivity contribution is -0.0721. The molecule has 0 aromatic carbocycles. The van der Waals surface area contributed by atoms with Crippen LogP contribution >= 0.6 is 0 Å². The molecule has 1 aliphatic rings. The van der Waals surface area contributed by atoms with Crippen LogP contribution in [-0.4, -0.2) is 52.9 Å². The zero-order valence-corrected chi connectivity index (χ0v) is 17.2. The van der Waals surface area contributed by atoms with Gasteiger partial charge in [-0.3, -0.25) is 0 Å². The summed E-state index contributed by atoms with van der Waals surface area (Å²) in [7, 11) is 0. The van der Waals surface area contributed by atoms with Gasteiger partial charge in [0, 0.05) is 0 Å². The molecule has 1 rings (SSSR count). The third kappa shape index (κ3) is 11.1. The zero-order chi connectivity index (χ0) is 19.7. The molecule has 0 aliphatic carbocycles. The Hall–Kier alpha value is -0.620. The Kier molecular flexibility index (Phi) is 14.8. The molecule has 160 valence electrons. The molecular formula is C22H42O5. The fourth-order valence-electron chi connectivity index (χ4n) is 3.54. The molecule has 1 heterocycles. The SMILES string of the molecule is CCCCCCCCCCCCCC/C=C/O[C@@H]1[C@H]([C@@H](O)CO)OC[C@H]1O. The first kappa shape index (κ1) is 24.4. The van der Waals surface area contributed by atoms with Crippen LogP contribution in [0, 0.1) is 0 Å². The average Bonchev–Trinajstić information content (AvgIpc) is 3.04. The van der Waals surface area contributed by atoms with E-state index in [0.717, 1.165) is 12.8 Å². The molecule has 0 saturated carbocycles. The third-order valence-corrected chi connectivity index (χ3v) is 5.29. The molecule has 0 spiro atoms. The number of unbranched alkanes of at least 4 members (excludes halogenated alkanes) is 12. The summed E-state index contributed by atoms with van der Waals surface area (Å²) in [4.78, 5) is 0. The number of hydrogen-bond donors (Lipinski definition) is 3. The van der Waals surface area contributed by atoms with Crippen LogP contribution in [0.25, 0.3) is 0 Å². The fraction of sp³-hybridized carbons (Fsp3) is 0.909. The molecule has 0 aromatic rings. The van der Waals surface area contributed by atoms with Crippen molar-refractivity contribution in [3.8, 4) is 0 Å². The number of aliphatic hydroxyl groups is 3. The summed E-state index contributed by atoms with van der Waals surface area (Å²) in [5.41, 5.74) is 0. The van der Waals surface area contributed by atoms with Crippen molar-refractivity contribution in [2.75, 3.05) is 13.2 Å². The van der Waals surface area contributed by atoms with Crippen LogP contribution in [-0.2, 0) is 9.47 Å². The molecular weight excluding hydrogens is 344 g/mol. The second kappa shape index (κ2) is 16.3. The minimum absolute atomic E-state index is 0.124. The number of aliphatic hydroxyl groups excluding tert-OH is 3. The Balaban J connectivity index is 1.93. The van der Waals surface area contributed by atoms with E-state index in [1.807, 2.05) is 6.08 Å². The number of ether oxygens (including phenoxy) is 2. The standard InChI is InChI=1S/C22H42O5/c1-2-3-4-5-6-7-8-9-10-11-12-13-14-15-16-26-22-20(25)18-27-21(22)19(24)17-23/h15-16,19-25H,2-14,17-18H2,1H3/b16-15+/t19-,20+,21-,22-/m0/s1. The Bertz CT molecular complexity index is 361.